The lowest BCUT2D eigenvalue weighted by Gasteiger charge is -2.33. The lowest BCUT2D eigenvalue weighted by Crippen LogP contribution is -2.51. The molecule has 0 atom stereocenters. The molecule has 0 bridgehead atoms. The highest BCUT2D eigenvalue weighted by molar-refractivity contribution is 7.89. The standard InChI is InChI=1S/C26H33N5O3S/c1-20-4-10-25(11-5-20)35(33,34)30-16-14-29(15-17-30)19-26(32)27-13-12-23-6-8-24(9-7-23)31-22(3)18-21(2)28-31/h4-11,18H,12-17,19H2,1-3H3,(H,27,32). The van der Waals surface area contributed by atoms with Crippen LogP contribution in [0, 0.1) is 20.8 Å². The molecule has 8 nitrogen and oxygen atoms in total. The molecule has 0 spiro atoms. The van der Waals surface area contributed by atoms with Gasteiger partial charge in [-0.2, -0.15) is 9.40 Å². The number of carbonyl (C=O) groups excluding carboxylic acids is 1. The summed E-state index contributed by atoms with van der Waals surface area (Å²) in [5.74, 6) is -0.0425. The summed E-state index contributed by atoms with van der Waals surface area (Å²) in [6, 6.07) is 17.2. The van der Waals surface area contributed by atoms with Crippen molar-refractivity contribution >= 4 is 15.9 Å². The molecule has 0 aliphatic carbocycles. The third-order valence-corrected chi connectivity index (χ3v) is 8.20. The molecular formula is C26H33N5O3S. The summed E-state index contributed by atoms with van der Waals surface area (Å²) in [6.45, 7) is 8.60. The molecule has 0 unspecified atom stereocenters. The van der Waals surface area contributed by atoms with Crippen LogP contribution in [0.25, 0.3) is 5.69 Å². The topological polar surface area (TPSA) is 87.5 Å². The lowest BCUT2D eigenvalue weighted by molar-refractivity contribution is -0.122. The molecule has 3 aromatic rings. The Balaban J connectivity index is 1.20. The van der Waals surface area contributed by atoms with E-state index in [1.165, 1.54) is 4.31 Å². The predicted octanol–water partition coefficient (Wildman–Crippen LogP) is 2.46. The van der Waals surface area contributed by atoms with E-state index in [0.717, 1.165) is 34.6 Å². The van der Waals surface area contributed by atoms with E-state index in [0.29, 0.717) is 37.6 Å². The minimum atomic E-state index is -3.50. The van der Waals surface area contributed by atoms with Gasteiger partial charge in [-0.15, -0.1) is 0 Å². The number of piperazine rings is 1. The van der Waals surface area contributed by atoms with Gasteiger partial charge < -0.3 is 5.32 Å². The van der Waals surface area contributed by atoms with Gasteiger partial charge in [0.1, 0.15) is 0 Å². The van der Waals surface area contributed by atoms with E-state index in [9.17, 15) is 13.2 Å². The number of aryl methyl sites for hydroxylation is 3. The van der Waals surface area contributed by atoms with Gasteiger partial charge in [0.15, 0.2) is 0 Å². The molecule has 1 aliphatic rings. The second-order valence-electron chi connectivity index (χ2n) is 9.10. The number of rotatable bonds is 8. The van der Waals surface area contributed by atoms with Crippen molar-refractivity contribution in [2.75, 3.05) is 39.3 Å². The van der Waals surface area contributed by atoms with Crippen molar-refractivity contribution in [1.82, 2.24) is 24.3 Å². The molecule has 1 aliphatic heterocycles. The average molecular weight is 496 g/mol. The number of benzene rings is 2. The lowest BCUT2D eigenvalue weighted by atomic mass is 10.1. The molecule has 1 aromatic heterocycles. The number of hydrogen-bond donors (Lipinski definition) is 1. The molecule has 1 N–H and O–H groups in total. The largest absolute Gasteiger partial charge is 0.355 e. The Morgan fingerprint density at radius 1 is 0.943 bits per heavy atom. The van der Waals surface area contributed by atoms with E-state index in [1.807, 2.05) is 60.7 Å². The van der Waals surface area contributed by atoms with Crippen LogP contribution in [0.5, 0.6) is 0 Å². The highest BCUT2D eigenvalue weighted by Crippen LogP contribution is 2.18. The first-order valence-electron chi connectivity index (χ1n) is 11.9. The second kappa shape index (κ2) is 10.7. The van der Waals surface area contributed by atoms with Crippen molar-refractivity contribution in [2.24, 2.45) is 0 Å². The maximum absolute atomic E-state index is 12.8. The summed E-state index contributed by atoms with van der Waals surface area (Å²) < 4.78 is 29.1. The molecular weight excluding hydrogens is 462 g/mol. The van der Waals surface area contributed by atoms with Crippen molar-refractivity contribution in [3.8, 4) is 5.69 Å². The van der Waals surface area contributed by atoms with Gasteiger partial charge in [0.25, 0.3) is 0 Å². The van der Waals surface area contributed by atoms with Gasteiger partial charge in [0.05, 0.1) is 22.8 Å². The fourth-order valence-electron chi connectivity index (χ4n) is 4.29. The van der Waals surface area contributed by atoms with E-state index < -0.39 is 10.0 Å². The molecule has 0 radical (unpaired) electrons. The Labute approximate surface area is 207 Å². The number of aromatic nitrogens is 2. The molecule has 1 amide bonds. The molecule has 0 saturated carbocycles. The summed E-state index contributed by atoms with van der Waals surface area (Å²) in [4.78, 5) is 14.7. The van der Waals surface area contributed by atoms with E-state index in [2.05, 4.69) is 22.5 Å². The number of nitrogens with one attached hydrogen (secondary N) is 1. The first-order valence-corrected chi connectivity index (χ1v) is 13.3. The summed E-state index contributed by atoms with van der Waals surface area (Å²) in [5.41, 5.74) is 5.27. The van der Waals surface area contributed by atoms with Crippen LogP contribution in [0.3, 0.4) is 0 Å². The fraction of sp³-hybridized carbons (Fsp3) is 0.385. The van der Waals surface area contributed by atoms with Gasteiger partial charge in [-0.25, -0.2) is 13.1 Å². The SMILES string of the molecule is Cc1ccc(S(=O)(=O)N2CCN(CC(=O)NCCc3ccc(-n4nc(C)cc4C)cc3)CC2)cc1. The van der Waals surface area contributed by atoms with Gasteiger partial charge in [0, 0.05) is 38.4 Å². The third-order valence-electron chi connectivity index (χ3n) is 6.28. The van der Waals surface area contributed by atoms with Crippen LogP contribution in [0.4, 0.5) is 0 Å². The highest BCUT2D eigenvalue weighted by atomic mass is 32.2. The van der Waals surface area contributed by atoms with E-state index in [-0.39, 0.29) is 12.5 Å². The Bertz CT molecular complexity index is 1260. The van der Waals surface area contributed by atoms with E-state index in [1.54, 1.807) is 12.1 Å². The maximum Gasteiger partial charge on any atom is 0.243 e. The molecule has 35 heavy (non-hydrogen) atoms. The van der Waals surface area contributed by atoms with Gasteiger partial charge in [0.2, 0.25) is 15.9 Å². The Morgan fingerprint density at radius 3 is 2.20 bits per heavy atom. The van der Waals surface area contributed by atoms with Gasteiger partial charge in [-0.1, -0.05) is 29.8 Å². The average Bonchev–Trinajstić information content (AvgIpc) is 3.18. The number of hydrogen-bond acceptors (Lipinski definition) is 5. The van der Waals surface area contributed by atoms with Crippen molar-refractivity contribution in [3.63, 3.8) is 0 Å². The van der Waals surface area contributed by atoms with Crippen molar-refractivity contribution in [2.45, 2.75) is 32.1 Å². The van der Waals surface area contributed by atoms with Gasteiger partial charge in [-0.05, 0) is 63.1 Å². The zero-order valence-corrected chi connectivity index (χ0v) is 21.4. The Hall–Kier alpha value is -3.01. The summed E-state index contributed by atoms with van der Waals surface area (Å²) in [5, 5.41) is 7.49. The van der Waals surface area contributed by atoms with Crippen molar-refractivity contribution < 1.29 is 13.2 Å². The van der Waals surface area contributed by atoms with Crippen LogP contribution >= 0.6 is 0 Å². The number of carbonyl (C=O) groups is 1. The minimum Gasteiger partial charge on any atom is -0.355 e. The van der Waals surface area contributed by atoms with E-state index >= 15 is 0 Å². The quantitative estimate of drug-likeness (QED) is 0.519. The van der Waals surface area contributed by atoms with Gasteiger partial charge in [-0.3, -0.25) is 9.69 Å². The number of amides is 1. The molecule has 9 heteroatoms. The zero-order valence-electron chi connectivity index (χ0n) is 20.6. The molecule has 1 saturated heterocycles. The van der Waals surface area contributed by atoms with Crippen LogP contribution < -0.4 is 5.32 Å². The summed E-state index contributed by atoms with van der Waals surface area (Å²) >= 11 is 0. The van der Waals surface area contributed by atoms with Crippen LogP contribution in [-0.4, -0.2) is 72.6 Å². The summed E-state index contributed by atoms with van der Waals surface area (Å²) in [7, 11) is -3.50. The second-order valence-corrected chi connectivity index (χ2v) is 11.0. The minimum absolute atomic E-state index is 0.0425. The first kappa shape index (κ1) is 25.1. The zero-order chi connectivity index (χ0) is 25.0. The number of sulfonamides is 1. The molecule has 186 valence electrons. The molecule has 1 fully saturated rings. The van der Waals surface area contributed by atoms with Crippen LogP contribution in [0.2, 0.25) is 0 Å². The maximum atomic E-state index is 12.8. The van der Waals surface area contributed by atoms with E-state index in [4.69, 9.17) is 0 Å². The Kier molecular flexibility index (Phi) is 7.69. The first-order chi connectivity index (χ1) is 16.7. The molecule has 4 rings (SSSR count). The Morgan fingerprint density at radius 2 is 1.60 bits per heavy atom. The number of nitrogens with zero attached hydrogens (tertiary/aromatic N) is 4. The predicted molar refractivity (Wildman–Crippen MR) is 136 cm³/mol. The summed E-state index contributed by atoms with van der Waals surface area (Å²) in [6.07, 6.45) is 0.742. The highest BCUT2D eigenvalue weighted by Gasteiger charge is 2.28. The third kappa shape index (κ3) is 6.17. The van der Waals surface area contributed by atoms with Crippen molar-refractivity contribution in [1.29, 1.82) is 0 Å². The smallest absolute Gasteiger partial charge is 0.243 e. The normalized spacial score (nSPS) is 15.3. The monoisotopic (exact) mass is 495 g/mol. The van der Waals surface area contributed by atoms with Crippen molar-refractivity contribution in [3.05, 3.63) is 77.1 Å². The van der Waals surface area contributed by atoms with Gasteiger partial charge >= 0.3 is 0 Å². The molecule has 2 heterocycles. The van der Waals surface area contributed by atoms with Crippen LogP contribution in [-0.2, 0) is 21.2 Å². The van der Waals surface area contributed by atoms with Crippen LogP contribution in [0.15, 0.2) is 59.5 Å². The molecule has 2 aromatic carbocycles. The fourth-order valence-corrected chi connectivity index (χ4v) is 5.71. The van der Waals surface area contributed by atoms with Crippen LogP contribution in [0.1, 0.15) is 22.5 Å².